The summed E-state index contributed by atoms with van der Waals surface area (Å²) >= 11 is 0. The van der Waals surface area contributed by atoms with Gasteiger partial charge in [0, 0.05) is 32.2 Å². The van der Waals surface area contributed by atoms with E-state index in [9.17, 15) is 14.7 Å². The highest BCUT2D eigenvalue weighted by molar-refractivity contribution is 5.79. The van der Waals surface area contributed by atoms with Crippen molar-refractivity contribution in [3.05, 3.63) is 12.2 Å². The Bertz CT molecular complexity index is 561. The number of carbonyl (C=O) groups excluding carboxylic acids is 2. The molecule has 1 rings (SSSR count). The number of methoxy groups -OCH3 is 1. The second kappa shape index (κ2) is 14.2. The van der Waals surface area contributed by atoms with E-state index < -0.39 is 6.10 Å². The number of aliphatic hydroxyl groups is 1. The van der Waals surface area contributed by atoms with E-state index in [-0.39, 0.29) is 23.8 Å². The van der Waals surface area contributed by atoms with Gasteiger partial charge < -0.3 is 14.7 Å². The topological polar surface area (TPSA) is 66.8 Å². The third-order valence-corrected chi connectivity index (χ3v) is 5.34. The summed E-state index contributed by atoms with van der Waals surface area (Å²) in [6.07, 6.45) is 11.3. The minimum absolute atomic E-state index is 0.0800. The summed E-state index contributed by atoms with van der Waals surface area (Å²) in [7, 11) is 1.41. The van der Waals surface area contributed by atoms with E-state index in [0.717, 1.165) is 51.5 Å². The Kier molecular flexibility index (Phi) is 12.3. The number of rotatable bonds is 12. The van der Waals surface area contributed by atoms with Gasteiger partial charge in [0.05, 0.1) is 19.3 Å². The Hall–Kier alpha value is -1.80. The summed E-state index contributed by atoms with van der Waals surface area (Å²) < 4.78 is 4.64. The molecule has 1 N–H and O–H groups in total. The van der Waals surface area contributed by atoms with Crippen molar-refractivity contribution in [3.8, 4) is 11.8 Å². The monoisotopic (exact) mass is 391 g/mol. The van der Waals surface area contributed by atoms with E-state index in [2.05, 4.69) is 23.5 Å². The number of amides is 1. The Morgan fingerprint density at radius 3 is 2.71 bits per heavy atom. The van der Waals surface area contributed by atoms with Gasteiger partial charge in [-0.25, -0.2) is 0 Å². The predicted molar refractivity (Wildman–Crippen MR) is 111 cm³/mol. The van der Waals surface area contributed by atoms with Crippen LogP contribution in [0.4, 0.5) is 0 Å². The quantitative estimate of drug-likeness (QED) is 0.237. The average molecular weight is 392 g/mol. The van der Waals surface area contributed by atoms with Crippen molar-refractivity contribution in [2.75, 3.05) is 13.7 Å². The fraction of sp³-hybridized carbons (Fsp3) is 0.739. The molecule has 28 heavy (non-hydrogen) atoms. The van der Waals surface area contributed by atoms with Gasteiger partial charge in [-0.05, 0) is 31.6 Å². The first-order valence-electron chi connectivity index (χ1n) is 10.7. The van der Waals surface area contributed by atoms with Crippen LogP contribution >= 0.6 is 0 Å². The van der Waals surface area contributed by atoms with Crippen molar-refractivity contribution in [2.45, 2.75) is 90.2 Å². The second-order valence-electron chi connectivity index (χ2n) is 7.39. The SMILES string of the molecule is CCC#CC[C@H](CC)[C@H](O)C=CC1CCC(=O)N1CCCCCCC(=O)OC. The van der Waals surface area contributed by atoms with E-state index in [0.29, 0.717) is 19.3 Å². The highest BCUT2D eigenvalue weighted by Gasteiger charge is 2.28. The number of nitrogens with zero attached hydrogens (tertiary/aromatic N) is 1. The fourth-order valence-electron chi connectivity index (χ4n) is 3.49. The number of likely N-dealkylation sites (tertiary alicyclic amines) is 1. The standard InChI is InChI=1S/C23H37NO4/c1-4-6-9-12-19(5-2)21(25)16-14-20-15-17-22(26)24(20)18-11-8-7-10-13-23(27)28-3/h14,16,19-21,25H,4-5,7-8,10-13,15,17-18H2,1-3H3/t19-,20?,21+/m0/s1. The first-order chi connectivity index (χ1) is 13.5. The van der Waals surface area contributed by atoms with E-state index in [1.54, 1.807) is 0 Å². The lowest BCUT2D eigenvalue weighted by Crippen LogP contribution is -2.33. The van der Waals surface area contributed by atoms with Gasteiger partial charge in [0.25, 0.3) is 0 Å². The minimum atomic E-state index is -0.521. The normalized spacial score (nSPS) is 18.8. The summed E-state index contributed by atoms with van der Waals surface area (Å²) in [6.45, 7) is 4.83. The Morgan fingerprint density at radius 1 is 1.29 bits per heavy atom. The fourth-order valence-corrected chi connectivity index (χ4v) is 3.49. The Balaban J connectivity index is 2.43. The van der Waals surface area contributed by atoms with Gasteiger partial charge in [0.2, 0.25) is 5.91 Å². The van der Waals surface area contributed by atoms with E-state index in [1.807, 2.05) is 24.0 Å². The van der Waals surface area contributed by atoms with Crippen molar-refractivity contribution in [3.63, 3.8) is 0 Å². The van der Waals surface area contributed by atoms with Crippen molar-refractivity contribution in [1.29, 1.82) is 0 Å². The Morgan fingerprint density at radius 2 is 2.04 bits per heavy atom. The number of carbonyl (C=O) groups is 2. The molecule has 158 valence electrons. The van der Waals surface area contributed by atoms with Crippen LogP contribution in [0.25, 0.3) is 0 Å². The van der Waals surface area contributed by atoms with Crippen LogP contribution in [0, 0.1) is 17.8 Å². The molecule has 1 fully saturated rings. The molecule has 0 saturated carbocycles. The van der Waals surface area contributed by atoms with Gasteiger partial charge >= 0.3 is 5.97 Å². The molecule has 0 aromatic rings. The molecule has 0 aliphatic carbocycles. The van der Waals surface area contributed by atoms with Gasteiger partial charge in [-0.2, -0.15) is 0 Å². The molecule has 1 aliphatic rings. The molecule has 0 radical (unpaired) electrons. The highest BCUT2D eigenvalue weighted by Crippen LogP contribution is 2.22. The molecule has 5 nitrogen and oxygen atoms in total. The third-order valence-electron chi connectivity index (χ3n) is 5.34. The van der Waals surface area contributed by atoms with Gasteiger partial charge in [0.1, 0.15) is 0 Å². The number of unbranched alkanes of at least 4 members (excludes halogenated alkanes) is 3. The van der Waals surface area contributed by atoms with E-state index in [4.69, 9.17) is 0 Å². The predicted octanol–water partition coefficient (Wildman–Crippen LogP) is 3.85. The summed E-state index contributed by atoms with van der Waals surface area (Å²) in [5.41, 5.74) is 0. The molecule has 0 spiro atoms. The number of hydrogen-bond donors (Lipinski definition) is 1. The van der Waals surface area contributed by atoms with Crippen LogP contribution in [-0.2, 0) is 14.3 Å². The van der Waals surface area contributed by atoms with Gasteiger partial charge in [-0.3, -0.25) is 9.59 Å². The van der Waals surface area contributed by atoms with Crippen molar-refractivity contribution in [2.24, 2.45) is 5.92 Å². The summed E-state index contributed by atoms with van der Waals surface area (Å²) in [5.74, 6) is 6.36. The summed E-state index contributed by atoms with van der Waals surface area (Å²) in [6, 6.07) is 0.0800. The number of ether oxygens (including phenoxy) is 1. The number of hydrogen-bond acceptors (Lipinski definition) is 4. The lowest BCUT2D eigenvalue weighted by molar-refractivity contribution is -0.140. The zero-order valence-corrected chi connectivity index (χ0v) is 17.8. The third kappa shape index (κ3) is 8.93. The molecule has 1 amide bonds. The first-order valence-corrected chi connectivity index (χ1v) is 10.7. The summed E-state index contributed by atoms with van der Waals surface area (Å²) in [5, 5.41) is 10.5. The van der Waals surface area contributed by atoms with E-state index in [1.165, 1.54) is 7.11 Å². The summed E-state index contributed by atoms with van der Waals surface area (Å²) in [4.78, 5) is 25.2. The molecule has 0 aromatic carbocycles. The van der Waals surface area contributed by atoms with Crippen molar-refractivity contribution < 1.29 is 19.4 Å². The lowest BCUT2D eigenvalue weighted by Gasteiger charge is -2.23. The molecule has 1 aliphatic heterocycles. The molecule has 1 saturated heterocycles. The number of aliphatic hydroxyl groups excluding tert-OH is 1. The minimum Gasteiger partial charge on any atom is -0.469 e. The van der Waals surface area contributed by atoms with Crippen LogP contribution in [-0.4, -0.2) is 47.7 Å². The van der Waals surface area contributed by atoms with Crippen molar-refractivity contribution in [1.82, 2.24) is 4.90 Å². The zero-order valence-electron chi connectivity index (χ0n) is 17.8. The maximum Gasteiger partial charge on any atom is 0.305 e. The van der Waals surface area contributed by atoms with Gasteiger partial charge in [-0.15, -0.1) is 11.8 Å². The van der Waals surface area contributed by atoms with Crippen molar-refractivity contribution >= 4 is 11.9 Å². The van der Waals surface area contributed by atoms with Crippen LogP contribution in [0.15, 0.2) is 12.2 Å². The molecular weight excluding hydrogens is 354 g/mol. The van der Waals surface area contributed by atoms with Crippen LogP contribution in [0.1, 0.15) is 78.1 Å². The first kappa shape index (κ1) is 24.2. The molecule has 0 bridgehead atoms. The zero-order chi connectivity index (χ0) is 20.8. The maximum atomic E-state index is 12.2. The molecular formula is C23H37NO4. The Labute approximate surface area is 170 Å². The molecule has 1 heterocycles. The molecule has 5 heteroatoms. The van der Waals surface area contributed by atoms with Crippen LogP contribution in [0.3, 0.4) is 0 Å². The average Bonchev–Trinajstić information content (AvgIpc) is 3.05. The van der Waals surface area contributed by atoms with Crippen LogP contribution < -0.4 is 0 Å². The number of esters is 1. The smallest absolute Gasteiger partial charge is 0.305 e. The second-order valence-corrected chi connectivity index (χ2v) is 7.39. The maximum absolute atomic E-state index is 12.2. The lowest BCUT2D eigenvalue weighted by atomic mass is 9.95. The van der Waals surface area contributed by atoms with E-state index >= 15 is 0 Å². The molecule has 0 aromatic heterocycles. The van der Waals surface area contributed by atoms with Gasteiger partial charge in [-0.1, -0.05) is 38.8 Å². The van der Waals surface area contributed by atoms with Crippen LogP contribution in [0.2, 0.25) is 0 Å². The largest absolute Gasteiger partial charge is 0.469 e. The van der Waals surface area contributed by atoms with Crippen LogP contribution in [0.5, 0.6) is 0 Å². The van der Waals surface area contributed by atoms with Gasteiger partial charge in [0.15, 0.2) is 0 Å². The molecule has 1 unspecified atom stereocenters. The highest BCUT2D eigenvalue weighted by atomic mass is 16.5. The molecule has 3 atom stereocenters.